The first-order valence-corrected chi connectivity index (χ1v) is 9.02. The van der Waals surface area contributed by atoms with Crippen LogP contribution in [0, 0.1) is 12.7 Å². The molecule has 3 aliphatic heterocycles. The molecule has 4 heteroatoms. The molecule has 5 rings (SSSR count). The Morgan fingerprint density at radius 2 is 2.04 bits per heavy atom. The zero-order valence-corrected chi connectivity index (χ0v) is 14.2. The van der Waals surface area contributed by atoms with Crippen molar-refractivity contribution >= 4 is 5.91 Å². The number of fused-ring (bicyclic) bond motifs is 1. The number of piperidine rings is 1. The Labute approximate surface area is 146 Å². The summed E-state index contributed by atoms with van der Waals surface area (Å²) in [6.07, 6.45) is 3.55. The van der Waals surface area contributed by atoms with E-state index in [1.165, 1.54) is 18.9 Å². The van der Waals surface area contributed by atoms with Crippen LogP contribution in [-0.2, 0) is 0 Å². The van der Waals surface area contributed by atoms with Crippen LogP contribution in [0.25, 0.3) is 0 Å². The quantitative estimate of drug-likeness (QED) is 0.865. The lowest BCUT2D eigenvalue weighted by Gasteiger charge is -2.28. The van der Waals surface area contributed by atoms with Crippen molar-refractivity contribution in [3.05, 3.63) is 71.0 Å². The zero-order valence-electron chi connectivity index (χ0n) is 14.2. The van der Waals surface area contributed by atoms with Crippen molar-refractivity contribution in [1.82, 2.24) is 10.2 Å². The lowest BCUT2D eigenvalue weighted by Crippen LogP contribution is -2.40. The van der Waals surface area contributed by atoms with Crippen molar-refractivity contribution in [3.63, 3.8) is 0 Å². The molecule has 0 spiro atoms. The van der Waals surface area contributed by atoms with E-state index in [9.17, 15) is 9.18 Å². The van der Waals surface area contributed by atoms with Crippen molar-refractivity contribution < 1.29 is 9.18 Å². The molecule has 3 nitrogen and oxygen atoms in total. The van der Waals surface area contributed by atoms with Gasteiger partial charge in [0.25, 0.3) is 5.91 Å². The molecule has 25 heavy (non-hydrogen) atoms. The van der Waals surface area contributed by atoms with Gasteiger partial charge in [0.1, 0.15) is 5.82 Å². The number of halogens is 1. The van der Waals surface area contributed by atoms with Gasteiger partial charge in [-0.1, -0.05) is 42.5 Å². The lowest BCUT2D eigenvalue weighted by molar-refractivity contribution is 0.0918. The van der Waals surface area contributed by atoms with Gasteiger partial charge in [-0.3, -0.25) is 9.69 Å². The van der Waals surface area contributed by atoms with Gasteiger partial charge >= 0.3 is 0 Å². The summed E-state index contributed by atoms with van der Waals surface area (Å²) in [6, 6.07) is 16.1. The first-order chi connectivity index (χ1) is 12.1. The number of hydrogen-bond donors (Lipinski definition) is 1. The summed E-state index contributed by atoms with van der Waals surface area (Å²) < 4.78 is 14.3. The minimum Gasteiger partial charge on any atom is -0.343 e. The van der Waals surface area contributed by atoms with E-state index in [-0.39, 0.29) is 23.1 Å². The van der Waals surface area contributed by atoms with Crippen LogP contribution in [0.4, 0.5) is 4.39 Å². The van der Waals surface area contributed by atoms with Crippen LogP contribution in [0.1, 0.15) is 46.8 Å². The maximum atomic E-state index is 14.3. The largest absolute Gasteiger partial charge is 0.343 e. The minimum atomic E-state index is -0.454. The molecule has 1 N–H and O–H groups in total. The topological polar surface area (TPSA) is 32.1 Å². The molecule has 2 aromatic rings. The average Bonchev–Trinajstić information content (AvgIpc) is 2.98. The van der Waals surface area contributed by atoms with Gasteiger partial charge in [-0.05, 0) is 43.4 Å². The van der Waals surface area contributed by atoms with Gasteiger partial charge in [0.05, 0.1) is 17.1 Å². The van der Waals surface area contributed by atoms with Crippen molar-refractivity contribution in [2.45, 2.75) is 49.9 Å². The first-order valence-electron chi connectivity index (χ1n) is 9.02. The molecular formula is C21H21FN2O. The third-order valence-corrected chi connectivity index (χ3v) is 6.45. The van der Waals surface area contributed by atoms with E-state index in [0.717, 1.165) is 12.0 Å². The van der Waals surface area contributed by atoms with E-state index in [1.54, 1.807) is 19.1 Å². The molecule has 0 radical (unpaired) electrons. The highest BCUT2D eigenvalue weighted by Gasteiger charge is 2.78. The molecule has 0 aliphatic carbocycles. The first kappa shape index (κ1) is 15.1. The SMILES string of the molecule is Cc1cccc(F)c1C(=O)NC(c1ccccc1)C12CCC3CC1N32. The molecule has 3 aliphatic rings. The molecule has 0 aromatic heterocycles. The zero-order chi connectivity index (χ0) is 17.2. The molecule has 3 heterocycles. The summed E-state index contributed by atoms with van der Waals surface area (Å²) in [4.78, 5) is 15.5. The number of aryl methyl sites for hydroxylation is 1. The Kier molecular flexibility index (Phi) is 3.11. The summed E-state index contributed by atoms with van der Waals surface area (Å²) >= 11 is 0. The number of carbonyl (C=O) groups is 1. The second-order valence-corrected chi connectivity index (χ2v) is 7.59. The van der Waals surface area contributed by atoms with Gasteiger partial charge in [0.2, 0.25) is 0 Å². The molecule has 1 amide bonds. The van der Waals surface area contributed by atoms with E-state index in [2.05, 4.69) is 22.3 Å². The van der Waals surface area contributed by atoms with Crippen LogP contribution in [-0.4, -0.2) is 28.4 Å². The van der Waals surface area contributed by atoms with E-state index >= 15 is 0 Å². The highest BCUT2D eigenvalue weighted by Crippen LogP contribution is 2.68. The Morgan fingerprint density at radius 3 is 2.64 bits per heavy atom. The van der Waals surface area contributed by atoms with Gasteiger partial charge in [-0.15, -0.1) is 0 Å². The standard InChI is InChI=1S/C21H21FN2O/c1-13-6-5-9-16(22)18(13)20(25)23-19(14-7-3-2-4-8-14)21-11-10-15-12-17(21)24(15)21/h2-9,15,17,19H,10-12H2,1H3,(H,23,25). The lowest BCUT2D eigenvalue weighted by atomic mass is 9.80. The van der Waals surface area contributed by atoms with E-state index in [4.69, 9.17) is 0 Å². The van der Waals surface area contributed by atoms with Gasteiger partial charge in [0.15, 0.2) is 0 Å². The number of carbonyl (C=O) groups excluding carboxylic acids is 1. The van der Waals surface area contributed by atoms with Crippen LogP contribution in [0.2, 0.25) is 0 Å². The maximum Gasteiger partial charge on any atom is 0.255 e. The number of nitrogens with zero attached hydrogens (tertiary/aromatic N) is 1. The number of amides is 1. The maximum absolute atomic E-state index is 14.3. The van der Waals surface area contributed by atoms with Crippen LogP contribution in [0.15, 0.2) is 48.5 Å². The monoisotopic (exact) mass is 336 g/mol. The van der Waals surface area contributed by atoms with Crippen LogP contribution in [0.5, 0.6) is 0 Å². The summed E-state index contributed by atoms with van der Waals surface area (Å²) in [7, 11) is 0. The second-order valence-electron chi connectivity index (χ2n) is 7.59. The summed E-state index contributed by atoms with van der Waals surface area (Å²) in [5.41, 5.74) is 1.99. The molecule has 128 valence electrons. The highest BCUT2D eigenvalue weighted by atomic mass is 19.1. The Balaban J connectivity index is 1.51. The Hall–Kier alpha value is -2.20. The molecule has 0 bridgehead atoms. The number of benzene rings is 2. The normalized spacial score (nSPS) is 32.5. The number of hydrogen-bond acceptors (Lipinski definition) is 2. The second kappa shape index (κ2) is 5.15. The van der Waals surface area contributed by atoms with Crippen molar-refractivity contribution in [3.8, 4) is 0 Å². The Bertz CT molecular complexity index is 830. The van der Waals surface area contributed by atoms with Crippen molar-refractivity contribution in [2.75, 3.05) is 0 Å². The van der Waals surface area contributed by atoms with Crippen LogP contribution < -0.4 is 5.32 Å². The molecule has 5 atom stereocenters. The summed E-state index contributed by atoms with van der Waals surface area (Å²) in [5, 5.41) is 3.19. The van der Waals surface area contributed by atoms with Crippen LogP contribution in [0.3, 0.4) is 0 Å². The average molecular weight is 336 g/mol. The number of rotatable bonds is 4. The fourth-order valence-corrected chi connectivity index (χ4v) is 5.28. The predicted molar refractivity (Wildman–Crippen MR) is 93.8 cm³/mol. The molecule has 3 fully saturated rings. The Morgan fingerprint density at radius 1 is 1.24 bits per heavy atom. The van der Waals surface area contributed by atoms with E-state index < -0.39 is 5.82 Å². The molecule has 5 unspecified atom stereocenters. The van der Waals surface area contributed by atoms with Gasteiger partial charge < -0.3 is 5.32 Å². The fraction of sp³-hybridized carbons (Fsp3) is 0.381. The van der Waals surface area contributed by atoms with E-state index in [1.807, 2.05) is 18.2 Å². The molecular weight excluding hydrogens is 315 g/mol. The smallest absolute Gasteiger partial charge is 0.255 e. The summed E-state index contributed by atoms with van der Waals surface area (Å²) in [5.74, 6) is -0.764. The molecule has 3 saturated heterocycles. The fourth-order valence-electron chi connectivity index (χ4n) is 5.28. The summed E-state index contributed by atoms with van der Waals surface area (Å²) in [6.45, 7) is 1.78. The van der Waals surface area contributed by atoms with E-state index in [0.29, 0.717) is 17.6 Å². The predicted octanol–water partition coefficient (Wildman–Crippen LogP) is 3.59. The third kappa shape index (κ3) is 1.97. The minimum absolute atomic E-state index is 0.0425. The van der Waals surface area contributed by atoms with Gasteiger partial charge in [0, 0.05) is 12.1 Å². The molecule has 0 saturated carbocycles. The third-order valence-electron chi connectivity index (χ3n) is 6.45. The molecule has 2 aromatic carbocycles. The van der Waals surface area contributed by atoms with Gasteiger partial charge in [-0.2, -0.15) is 0 Å². The van der Waals surface area contributed by atoms with Crippen molar-refractivity contribution in [2.24, 2.45) is 0 Å². The van der Waals surface area contributed by atoms with Gasteiger partial charge in [-0.25, -0.2) is 4.39 Å². The van der Waals surface area contributed by atoms with Crippen molar-refractivity contribution in [1.29, 1.82) is 0 Å². The van der Waals surface area contributed by atoms with Crippen LogP contribution >= 0.6 is 0 Å². The highest BCUT2D eigenvalue weighted by molar-refractivity contribution is 5.96. The number of nitrogens with one attached hydrogen (secondary N) is 1.